The Balaban J connectivity index is 5.21. The lowest BCUT2D eigenvalue weighted by molar-refractivity contribution is -0.161. The van der Waals surface area contributed by atoms with Crippen LogP contribution < -0.4 is 0 Å². The van der Waals surface area contributed by atoms with Gasteiger partial charge >= 0.3 is 39.5 Å². The molecule has 0 aliphatic carbocycles. The van der Waals surface area contributed by atoms with Crippen LogP contribution in [0, 0.1) is 5.92 Å². The molecule has 0 aromatic carbocycles. The van der Waals surface area contributed by atoms with Gasteiger partial charge < -0.3 is 33.8 Å². The predicted molar refractivity (Wildman–Crippen MR) is 326 cm³/mol. The van der Waals surface area contributed by atoms with E-state index in [0.717, 1.165) is 109 Å². The molecule has 0 aromatic heterocycles. The molecule has 0 aliphatic rings. The van der Waals surface area contributed by atoms with Crippen molar-refractivity contribution in [1.29, 1.82) is 0 Å². The number of rotatable bonds is 63. The zero-order valence-electron chi connectivity index (χ0n) is 52.6. The average Bonchev–Trinajstić information content (AvgIpc) is 3.45. The Morgan fingerprint density at radius 2 is 0.561 bits per heavy atom. The Kier molecular flexibility index (Phi) is 55.5. The molecule has 0 bridgehead atoms. The summed E-state index contributed by atoms with van der Waals surface area (Å²) in [5, 5.41) is 10.5. The normalized spacial score (nSPS) is 14.3. The number of unbranched alkanes of at least 4 members (excludes halogenated alkanes) is 35. The predicted octanol–water partition coefficient (Wildman–Crippen LogP) is 17.4. The highest BCUT2D eigenvalue weighted by molar-refractivity contribution is 7.47. The molecular formula is C63H122O17P2. The quantitative estimate of drug-likeness (QED) is 0.0222. The van der Waals surface area contributed by atoms with E-state index >= 15 is 0 Å². The summed E-state index contributed by atoms with van der Waals surface area (Å²) < 4.78 is 67.9. The lowest BCUT2D eigenvalue weighted by Gasteiger charge is -2.21. The lowest BCUT2D eigenvalue weighted by atomic mass is 10.0. The maximum absolute atomic E-state index is 13.0. The first-order chi connectivity index (χ1) is 39.5. The first-order valence-electron chi connectivity index (χ1n) is 33.1. The van der Waals surface area contributed by atoms with Gasteiger partial charge in [0.15, 0.2) is 12.2 Å². The van der Waals surface area contributed by atoms with Crippen molar-refractivity contribution in [2.75, 3.05) is 39.6 Å². The monoisotopic (exact) mass is 1210 g/mol. The van der Waals surface area contributed by atoms with Crippen LogP contribution in [0.1, 0.15) is 317 Å². The topological polar surface area (TPSA) is 237 Å². The number of aliphatic hydroxyl groups excluding tert-OH is 1. The summed E-state index contributed by atoms with van der Waals surface area (Å²) in [5.41, 5.74) is 0. The van der Waals surface area contributed by atoms with E-state index in [0.29, 0.717) is 25.7 Å². The van der Waals surface area contributed by atoms with Gasteiger partial charge in [0, 0.05) is 25.7 Å². The van der Waals surface area contributed by atoms with Gasteiger partial charge in [-0.25, -0.2) is 9.13 Å². The molecule has 19 heteroatoms. The van der Waals surface area contributed by atoms with Crippen LogP contribution in [0.15, 0.2) is 0 Å². The van der Waals surface area contributed by atoms with Crippen LogP contribution in [0.3, 0.4) is 0 Å². The molecule has 17 nitrogen and oxygen atoms in total. The van der Waals surface area contributed by atoms with Gasteiger partial charge in [-0.1, -0.05) is 266 Å². The van der Waals surface area contributed by atoms with E-state index in [4.69, 9.17) is 37.0 Å². The zero-order chi connectivity index (χ0) is 60.6. The summed E-state index contributed by atoms with van der Waals surface area (Å²) in [4.78, 5) is 72.0. The summed E-state index contributed by atoms with van der Waals surface area (Å²) >= 11 is 0. The second-order valence-electron chi connectivity index (χ2n) is 23.3. The number of carbonyl (C=O) groups excluding carboxylic acids is 4. The molecular weight excluding hydrogens is 1090 g/mol. The summed E-state index contributed by atoms with van der Waals surface area (Å²) in [6.07, 6.45) is 40.3. The minimum Gasteiger partial charge on any atom is -0.462 e. The van der Waals surface area contributed by atoms with Crippen molar-refractivity contribution in [3.05, 3.63) is 0 Å². The second kappa shape index (κ2) is 56.8. The highest BCUT2D eigenvalue weighted by Crippen LogP contribution is 2.45. The molecule has 0 aromatic rings. The van der Waals surface area contributed by atoms with Gasteiger partial charge in [0.25, 0.3) is 0 Å². The number of phosphoric ester groups is 2. The summed E-state index contributed by atoms with van der Waals surface area (Å²) in [5.74, 6) is -1.38. The van der Waals surface area contributed by atoms with Crippen molar-refractivity contribution in [1.82, 2.24) is 0 Å². The number of aliphatic hydroxyl groups is 1. The van der Waals surface area contributed by atoms with Gasteiger partial charge in [0.05, 0.1) is 26.4 Å². The van der Waals surface area contributed by atoms with Crippen LogP contribution in [0.2, 0.25) is 0 Å². The Morgan fingerprint density at radius 3 is 0.829 bits per heavy atom. The van der Waals surface area contributed by atoms with Gasteiger partial charge in [0.1, 0.15) is 19.3 Å². The third-order valence-electron chi connectivity index (χ3n) is 14.5. The van der Waals surface area contributed by atoms with Gasteiger partial charge in [-0.15, -0.1) is 0 Å². The molecule has 0 fully saturated rings. The second-order valence-corrected chi connectivity index (χ2v) is 26.2. The number of esters is 4. The first kappa shape index (κ1) is 80.1. The van der Waals surface area contributed by atoms with Crippen molar-refractivity contribution < 1.29 is 80.2 Å². The molecule has 0 saturated carbocycles. The van der Waals surface area contributed by atoms with E-state index in [1.807, 2.05) is 0 Å². The molecule has 0 spiro atoms. The van der Waals surface area contributed by atoms with E-state index in [1.54, 1.807) is 0 Å². The molecule has 0 amide bonds. The highest BCUT2D eigenvalue weighted by Gasteiger charge is 2.30. The molecule has 0 saturated heterocycles. The van der Waals surface area contributed by atoms with Crippen molar-refractivity contribution >= 4 is 39.5 Å². The Morgan fingerprint density at radius 1 is 0.329 bits per heavy atom. The zero-order valence-corrected chi connectivity index (χ0v) is 54.4. The minimum atomic E-state index is -4.94. The molecule has 82 heavy (non-hydrogen) atoms. The van der Waals surface area contributed by atoms with Crippen LogP contribution in [-0.2, 0) is 65.4 Å². The minimum absolute atomic E-state index is 0.106. The third kappa shape index (κ3) is 57.2. The standard InChI is InChI=1S/C63H122O17P2/c1-6-9-12-15-18-20-22-23-28-32-37-42-47-61(66)74-53-59(80-63(68)49-44-39-34-29-25-24-26-31-35-40-45-56(4)5)55-78-82(71,72)76-51-57(64)50-75-81(69,70)77-54-58(52-73-60(65)46-41-36-30-17-14-11-8-3)79-62(67)48-43-38-33-27-21-19-16-13-10-7-2/h56-59,64H,6-55H2,1-5H3,(H,69,70)(H,71,72)/t57-,58+,59+/m0/s1. The molecule has 0 rings (SSSR count). The van der Waals surface area contributed by atoms with Crippen LogP contribution in [-0.4, -0.2) is 96.7 Å². The Hall–Kier alpha value is -1.94. The van der Waals surface area contributed by atoms with Crippen molar-refractivity contribution in [2.45, 2.75) is 335 Å². The van der Waals surface area contributed by atoms with E-state index in [9.17, 15) is 43.2 Å². The number of hydrogen-bond acceptors (Lipinski definition) is 15. The molecule has 5 atom stereocenters. The van der Waals surface area contributed by atoms with E-state index < -0.39 is 97.5 Å². The molecule has 486 valence electrons. The van der Waals surface area contributed by atoms with Crippen molar-refractivity contribution in [3.8, 4) is 0 Å². The number of hydrogen-bond donors (Lipinski definition) is 3. The fourth-order valence-electron chi connectivity index (χ4n) is 9.41. The van der Waals surface area contributed by atoms with Crippen molar-refractivity contribution in [2.24, 2.45) is 5.92 Å². The van der Waals surface area contributed by atoms with Crippen LogP contribution >= 0.6 is 15.6 Å². The van der Waals surface area contributed by atoms with Gasteiger partial charge in [-0.2, -0.15) is 0 Å². The van der Waals surface area contributed by atoms with E-state index in [-0.39, 0.29) is 25.7 Å². The first-order valence-corrected chi connectivity index (χ1v) is 36.1. The fraction of sp³-hybridized carbons (Fsp3) is 0.937. The number of phosphoric acid groups is 2. The molecule has 3 N–H and O–H groups in total. The van der Waals surface area contributed by atoms with E-state index in [1.165, 1.54) is 128 Å². The fourth-order valence-corrected chi connectivity index (χ4v) is 11.0. The highest BCUT2D eigenvalue weighted by atomic mass is 31.2. The maximum atomic E-state index is 13.0. The lowest BCUT2D eigenvalue weighted by Crippen LogP contribution is -2.30. The average molecular weight is 1210 g/mol. The molecule has 0 aliphatic heterocycles. The largest absolute Gasteiger partial charge is 0.472 e. The smallest absolute Gasteiger partial charge is 0.462 e. The maximum Gasteiger partial charge on any atom is 0.472 e. The molecule has 0 heterocycles. The SMILES string of the molecule is CCCCCCCCCCCCCCC(=O)OC[C@H](COP(=O)(O)OC[C@@H](O)COP(=O)(O)OC[C@@H](COC(=O)CCCCCCCCC)OC(=O)CCCCCCCCCCCC)OC(=O)CCCCCCCCCCCCC(C)C. The van der Waals surface area contributed by atoms with Crippen molar-refractivity contribution in [3.63, 3.8) is 0 Å². The Bertz CT molecular complexity index is 1600. The van der Waals surface area contributed by atoms with Crippen LogP contribution in [0.25, 0.3) is 0 Å². The third-order valence-corrected chi connectivity index (χ3v) is 16.4. The summed E-state index contributed by atoms with van der Waals surface area (Å²) in [6.45, 7) is 7.13. The number of ether oxygens (including phenoxy) is 4. The molecule has 0 radical (unpaired) electrons. The van der Waals surface area contributed by atoms with Crippen LogP contribution in [0.4, 0.5) is 0 Å². The van der Waals surface area contributed by atoms with Gasteiger partial charge in [0.2, 0.25) is 0 Å². The van der Waals surface area contributed by atoms with Gasteiger partial charge in [-0.05, 0) is 31.6 Å². The van der Waals surface area contributed by atoms with Crippen LogP contribution in [0.5, 0.6) is 0 Å². The summed E-state index contributed by atoms with van der Waals surface area (Å²) in [6, 6.07) is 0. The van der Waals surface area contributed by atoms with Gasteiger partial charge in [-0.3, -0.25) is 37.3 Å². The molecule has 2 unspecified atom stereocenters. The Labute approximate surface area is 498 Å². The number of carbonyl (C=O) groups is 4. The van der Waals surface area contributed by atoms with E-state index in [2.05, 4.69) is 34.6 Å². The summed E-state index contributed by atoms with van der Waals surface area (Å²) in [7, 11) is -9.88.